The number of hydrogen-bond acceptors (Lipinski definition) is 5. The van der Waals surface area contributed by atoms with E-state index in [2.05, 4.69) is 20.8 Å². The fraction of sp³-hybridized carbons (Fsp3) is 0.400. The van der Waals surface area contributed by atoms with Crippen LogP contribution in [-0.2, 0) is 6.54 Å². The minimum Gasteiger partial charge on any atom is -0.370 e. The Morgan fingerprint density at radius 2 is 2.05 bits per heavy atom. The van der Waals surface area contributed by atoms with Crippen molar-refractivity contribution in [1.82, 2.24) is 15.5 Å². The van der Waals surface area contributed by atoms with Crippen LogP contribution < -0.4 is 10.6 Å². The second kappa shape index (κ2) is 6.39. The Labute approximate surface area is 123 Å². The topological polar surface area (TPSA) is 80.0 Å². The summed E-state index contributed by atoms with van der Waals surface area (Å²) >= 11 is 0. The molecule has 0 saturated heterocycles. The average Bonchev–Trinajstić information content (AvgIpc) is 2.75. The van der Waals surface area contributed by atoms with E-state index >= 15 is 0 Å². The highest BCUT2D eigenvalue weighted by molar-refractivity contribution is 5.95. The van der Waals surface area contributed by atoms with Gasteiger partial charge in [-0.15, -0.1) is 0 Å². The lowest BCUT2D eigenvalue weighted by molar-refractivity contribution is 0.0950. The van der Waals surface area contributed by atoms with Crippen LogP contribution in [0.15, 0.2) is 16.7 Å². The zero-order valence-corrected chi connectivity index (χ0v) is 12.8. The molecule has 0 fully saturated rings. The van der Waals surface area contributed by atoms with Gasteiger partial charge in [0.2, 0.25) is 0 Å². The lowest BCUT2D eigenvalue weighted by atomic mass is 10.2. The molecule has 0 atom stereocenters. The predicted molar refractivity (Wildman–Crippen MR) is 80.3 cm³/mol. The Kier molecular flexibility index (Phi) is 4.57. The number of carbonyl (C=O) groups is 1. The average molecular weight is 288 g/mol. The molecule has 2 N–H and O–H groups in total. The second-order valence-corrected chi connectivity index (χ2v) is 4.90. The molecule has 2 heterocycles. The summed E-state index contributed by atoms with van der Waals surface area (Å²) in [5, 5.41) is 9.87. The van der Waals surface area contributed by atoms with Gasteiger partial charge in [-0.25, -0.2) is 4.98 Å². The molecule has 0 aliphatic carbocycles. The van der Waals surface area contributed by atoms with Crippen LogP contribution in [0.3, 0.4) is 0 Å². The molecular weight excluding hydrogens is 268 g/mol. The molecule has 0 saturated carbocycles. The first-order valence-corrected chi connectivity index (χ1v) is 6.93. The monoisotopic (exact) mass is 288 g/mol. The molecule has 0 aliphatic rings. The molecule has 0 unspecified atom stereocenters. The summed E-state index contributed by atoms with van der Waals surface area (Å²) < 4.78 is 5.08. The Bertz CT molecular complexity index is 630. The molecule has 2 aromatic heterocycles. The van der Waals surface area contributed by atoms with Crippen LogP contribution in [-0.4, -0.2) is 22.6 Å². The Balaban J connectivity index is 2.10. The smallest absolute Gasteiger partial charge is 0.251 e. The second-order valence-electron chi connectivity index (χ2n) is 4.90. The molecule has 2 aromatic rings. The molecule has 1 amide bonds. The third-order valence-corrected chi connectivity index (χ3v) is 3.18. The van der Waals surface area contributed by atoms with Crippen molar-refractivity contribution in [2.75, 3.05) is 11.9 Å². The highest BCUT2D eigenvalue weighted by atomic mass is 16.5. The van der Waals surface area contributed by atoms with Crippen molar-refractivity contribution in [2.24, 2.45) is 0 Å². The Morgan fingerprint density at radius 3 is 2.67 bits per heavy atom. The van der Waals surface area contributed by atoms with Crippen LogP contribution in [0, 0.1) is 20.8 Å². The summed E-state index contributed by atoms with van der Waals surface area (Å²) in [6, 6.07) is 3.52. The fourth-order valence-electron chi connectivity index (χ4n) is 2.10. The molecule has 6 nitrogen and oxygen atoms in total. The number of hydrogen-bond donors (Lipinski definition) is 2. The van der Waals surface area contributed by atoms with Crippen LogP contribution in [0.4, 0.5) is 5.82 Å². The van der Waals surface area contributed by atoms with Gasteiger partial charge in [0, 0.05) is 29.9 Å². The minimum absolute atomic E-state index is 0.139. The van der Waals surface area contributed by atoms with Crippen molar-refractivity contribution in [1.29, 1.82) is 0 Å². The van der Waals surface area contributed by atoms with Crippen LogP contribution in [0.2, 0.25) is 0 Å². The molecule has 6 heteroatoms. The number of aryl methyl sites for hydroxylation is 3. The van der Waals surface area contributed by atoms with E-state index in [1.54, 1.807) is 12.1 Å². The first-order chi connectivity index (χ1) is 10.0. The Hall–Kier alpha value is -2.37. The highest BCUT2D eigenvalue weighted by Crippen LogP contribution is 2.13. The van der Waals surface area contributed by atoms with Gasteiger partial charge in [0.15, 0.2) is 0 Å². The lowest BCUT2D eigenvalue weighted by Crippen LogP contribution is -2.23. The summed E-state index contributed by atoms with van der Waals surface area (Å²) in [6.45, 7) is 8.71. The highest BCUT2D eigenvalue weighted by Gasteiger charge is 2.12. The maximum atomic E-state index is 12.3. The van der Waals surface area contributed by atoms with Gasteiger partial charge in [-0.3, -0.25) is 4.79 Å². The van der Waals surface area contributed by atoms with E-state index in [9.17, 15) is 4.79 Å². The molecule has 0 aromatic carbocycles. The largest absolute Gasteiger partial charge is 0.370 e. The van der Waals surface area contributed by atoms with Crippen molar-refractivity contribution in [2.45, 2.75) is 34.2 Å². The maximum absolute atomic E-state index is 12.3. The SMILES string of the molecule is CCNc1cc(C(=O)NCc2c(C)noc2C)cc(C)n1. The van der Waals surface area contributed by atoms with E-state index in [1.165, 1.54) is 0 Å². The molecular formula is C15H20N4O2. The standard InChI is InChI=1S/C15H20N4O2/c1-5-16-14-7-12(6-9(2)18-14)15(20)17-8-13-10(3)19-21-11(13)4/h6-7H,5,8H2,1-4H3,(H,16,18)(H,17,20). The number of rotatable bonds is 5. The molecule has 21 heavy (non-hydrogen) atoms. The predicted octanol–water partition coefficient (Wildman–Crippen LogP) is 2.36. The van der Waals surface area contributed by atoms with E-state index in [0.717, 1.165) is 29.3 Å². The normalized spacial score (nSPS) is 10.5. The van der Waals surface area contributed by atoms with E-state index in [1.807, 2.05) is 27.7 Å². The van der Waals surface area contributed by atoms with Crippen molar-refractivity contribution in [3.05, 3.63) is 40.4 Å². The van der Waals surface area contributed by atoms with Gasteiger partial charge in [-0.1, -0.05) is 5.16 Å². The quantitative estimate of drug-likeness (QED) is 0.882. The van der Waals surface area contributed by atoms with Gasteiger partial charge in [-0.2, -0.15) is 0 Å². The number of anilines is 1. The van der Waals surface area contributed by atoms with Gasteiger partial charge >= 0.3 is 0 Å². The number of carbonyl (C=O) groups excluding carboxylic acids is 1. The third kappa shape index (κ3) is 3.59. The van der Waals surface area contributed by atoms with E-state index in [-0.39, 0.29) is 5.91 Å². The first kappa shape index (κ1) is 15.0. The van der Waals surface area contributed by atoms with Crippen molar-refractivity contribution in [3.63, 3.8) is 0 Å². The van der Waals surface area contributed by atoms with Gasteiger partial charge in [0.05, 0.1) is 5.69 Å². The summed E-state index contributed by atoms with van der Waals surface area (Å²) in [5.41, 5.74) is 3.11. The third-order valence-electron chi connectivity index (χ3n) is 3.18. The molecule has 0 spiro atoms. The summed E-state index contributed by atoms with van der Waals surface area (Å²) in [4.78, 5) is 16.6. The van der Waals surface area contributed by atoms with Crippen LogP contribution in [0.1, 0.15) is 40.0 Å². The molecule has 0 aliphatic heterocycles. The first-order valence-electron chi connectivity index (χ1n) is 6.93. The number of nitrogens with one attached hydrogen (secondary N) is 2. The maximum Gasteiger partial charge on any atom is 0.251 e. The zero-order valence-electron chi connectivity index (χ0n) is 12.8. The van der Waals surface area contributed by atoms with E-state index in [4.69, 9.17) is 4.52 Å². The number of aromatic nitrogens is 2. The number of amides is 1. The van der Waals surface area contributed by atoms with Crippen LogP contribution in [0.25, 0.3) is 0 Å². The van der Waals surface area contributed by atoms with Crippen LogP contribution in [0.5, 0.6) is 0 Å². The van der Waals surface area contributed by atoms with Gasteiger partial charge < -0.3 is 15.2 Å². The molecule has 0 radical (unpaired) electrons. The van der Waals surface area contributed by atoms with Gasteiger partial charge in [0.25, 0.3) is 5.91 Å². The van der Waals surface area contributed by atoms with Gasteiger partial charge in [0.1, 0.15) is 11.6 Å². The van der Waals surface area contributed by atoms with Crippen molar-refractivity contribution in [3.8, 4) is 0 Å². The molecule has 0 bridgehead atoms. The van der Waals surface area contributed by atoms with Crippen molar-refractivity contribution >= 4 is 11.7 Å². The molecule has 2 rings (SSSR count). The summed E-state index contributed by atoms with van der Waals surface area (Å²) in [6.07, 6.45) is 0. The summed E-state index contributed by atoms with van der Waals surface area (Å²) in [7, 11) is 0. The Morgan fingerprint density at radius 1 is 1.29 bits per heavy atom. The fourth-order valence-corrected chi connectivity index (χ4v) is 2.10. The van der Waals surface area contributed by atoms with E-state index < -0.39 is 0 Å². The van der Waals surface area contributed by atoms with Gasteiger partial charge in [-0.05, 0) is 39.8 Å². The minimum atomic E-state index is -0.139. The zero-order chi connectivity index (χ0) is 15.4. The molecule has 112 valence electrons. The summed E-state index contributed by atoms with van der Waals surface area (Å²) in [5.74, 6) is 1.30. The van der Waals surface area contributed by atoms with Crippen molar-refractivity contribution < 1.29 is 9.32 Å². The lowest BCUT2D eigenvalue weighted by Gasteiger charge is -2.08. The number of nitrogens with zero attached hydrogens (tertiary/aromatic N) is 2. The number of pyridine rings is 1. The van der Waals surface area contributed by atoms with Crippen LogP contribution >= 0.6 is 0 Å². The van der Waals surface area contributed by atoms with E-state index in [0.29, 0.717) is 17.9 Å².